The number of benzene rings is 1. The Balaban J connectivity index is 2.01. The molecule has 0 amide bonds. The fourth-order valence-corrected chi connectivity index (χ4v) is 2.30. The van der Waals surface area contributed by atoms with Crippen LogP contribution in [-0.2, 0) is 0 Å². The largest absolute Gasteiger partial charge is 0.461 e. The molecule has 1 heterocycles. The zero-order valence-corrected chi connectivity index (χ0v) is 11.7. The van der Waals surface area contributed by atoms with Gasteiger partial charge in [-0.15, -0.1) is 0 Å². The van der Waals surface area contributed by atoms with E-state index in [-0.39, 0.29) is 11.8 Å². The van der Waals surface area contributed by atoms with Gasteiger partial charge in [-0.3, -0.25) is 4.90 Å². The summed E-state index contributed by atoms with van der Waals surface area (Å²) < 4.78 is 53.7. The predicted molar refractivity (Wildman–Crippen MR) is 70.9 cm³/mol. The highest BCUT2D eigenvalue weighted by Gasteiger charge is 2.43. The standard InChI is InChI=1S/C14H18F4N2O/c1-10(20-8-6-19-7-9-20)11-2-4-12(5-3-11)21-14(17,18)13(15)16/h2-5,10,13,19H,6-9H2,1H3/t10-/m0/s1. The van der Waals surface area contributed by atoms with Crippen molar-refractivity contribution in [3.05, 3.63) is 29.8 Å². The van der Waals surface area contributed by atoms with Gasteiger partial charge in [0.15, 0.2) is 0 Å². The van der Waals surface area contributed by atoms with E-state index < -0.39 is 12.5 Å². The van der Waals surface area contributed by atoms with Crippen LogP contribution in [0.3, 0.4) is 0 Å². The van der Waals surface area contributed by atoms with Gasteiger partial charge in [0.25, 0.3) is 0 Å². The number of alkyl halides is 4. The SMILES string of the molecule is C[C@@H](c1ccc(OC(F)(F)C(F)F)cc1)N1CCNCC1. The van der Waals surface area contributed by atoms with Gasteiger partial charge in [-0.2, -0.15) is 17.6 Å². The maximum absolute atomic E-state index is 12.8. The van der Waals surface area contributed by atoms with Crippen LogP contribution in [0.2, 0.25) is 0 Å². The highest BCUT2D eigenvalue weighted by atomic mass is 19.3. The smallest absolute Gasteiger partial charge is 0.428 e. The van der Waals surface area contributed by atoms with E-state index in [9.17, 15) is 17.6 Å². The predicted octanol–water partition coefficient (Wildman–Crippen LogP) is 2.89. The number of hydrogen-bond acceptors (Lipinski definition) is 3. The van der Waals surface area contributed by atoms with E-state index in [2.05, 4.69) is 15.0 Å². The van der Waals surface area contributed by atoms with E-state index in [1.807, 2.05) is 6.92 Å². The maximum Gasteiger partial charge on any atom is 0.461 e. The van der Waals surface area contributed by atoms with E-state index in [1.54, 1.807) is 12.1 Å². The van der Waals surface area contributed by atoms with Gasteiger partial charge >= 0.3 is 12.5 Å². The third kappa shape index (κ3) is 4.07. The minimum atomic E-state index is -4.47. The molecule has 21 heavy (non-hydrogen) atoms. The Bertz CT molecular complexity index is 447. The highest BCUT2D eigenvalue weighted by Crippen LogP contribution is 2.29. The van der Waals surface area contributed by atoms with Crippen LogP contribution >= 0.6 is 0 Å². The normalized spacial score (nSPS) is 18.8. The van der Waals surface area contributed by atoms with Gasteiger partial charge in [-0.25, -0.2) is 0 Å². The zero-order chi connectivity index (χ0) is 15.5. The van der Waals surface area contributed by atoms with Gasteiger partial charge in [-0.1, -0.05) is 12.1 Å². The van der Waals surface area contributed by atoms with E-state index in [4.69, 9.17) is 0 Å². The minimum absolute atomic E-state index is 0.136. The van der Waals surface area contributed by atoms with Crippen LogP contribution < -0.4 is 10.1 Å². The van der Waals surface area contributed by atoms with E-state index in [1.165, 1.54) is 12.1 Å². The van der Waals surface area contributed by atoms with Crippen LogP contribution in [0, 0.1) is 0 Å². The van der Waals surface area contributed by atoms with Crippen LogP contribution in [0.4, 0.5) is 17.6 Å². The zero-order valence-electron chi connectivity index (χ0n) is 11.7. The summed E-state index contributed by atoms with van der Waals surface area (Å²) in [4.78, 5) is 2.26. The van der Waals surface area contributed by atoms with Gasteiger partial charge in [0.1, 0.15) is 5.75 Å². The summed E-state index contributed by atoms with van der Waals surface area (Å²) in [5, 5.41) is 3.25. The van der Waals surface area contributed by atoms with Crippen LogP contribution in [0.15, 0.2) is 24.3 Å². The summed E-state index contributed by atoms with van der Waals surface area (Å²) in [6.45, 7) is 5.65. The summed E-state index contributed by atoms with van der Waals surface area (Å²) in [6.07, 6.45) is -8.32. The van der Waals surface area contributed by atoms with Gasteiger partial charge in [0.05, 0.1) is 0 Å². The van der Waals surface area contributed by atoms with E-state index >= 15 is 0 Å². The van der Waals surface area contributed by atoms with Crippen molar-refractivity contribution in [3.63, 3.8) is 0 Å². The molecule has 0 aromatic heterocycles. The molecule has 7 heteroatoms. The topological polar surface area (TPSA) is 24.5 Å². The number of nitrogens with zero attached hydrogens (tertiary/aromatic N) is 1. The molecule has 1 atom stereocenters. The molecule has 0 unspecified atom stereocenters. The van der Waals surface area contributed by atoms with Crippen molar-refractivity contribution in [1.82, 2.24) is 10.2 Å². The molecule has 1 aromatic carbocycles. The first kappa shape index (κ1) is 16.0. The Hall–Kier alpha value is -1.34. The average Bonchev–Trinajstić information content (AvgIpc) is 2.48. The molecule has 2 rings (SSSR count). The number of hydrogen-bond donors (Lipinski definition) is 1. The molecule has 0 saturated carbocycles. The van der Waals surface area contributed by atoms with Gasteiger partial charge in [0.2, 0.25) is 0 Å². The first-order chi connectivity index (χ1) is 9.90. The third-order valence-electron chi connectivity index (χ3n) is 3.57. The lowest BCUT2D eigenvalue weighted by molar-refractivity contribution is -0.253. The number of halogens is 4. The van der Waals surface area contributed by atoms with Crippen molar-refractivity contribution < 1.29 is 22.3 Å². The lowest BCUT2D eigenvalue weighted by atomic mass is 10.1. The van der Waals surface area contributed by atoms with Crippen molar-refractivity contribution in [2.45, 2.75) is 25.5 Å². The molecule has 1 N–H and O–H groups in total. The fraction of sp³-hybridized carbons (Fsp3) is 0.571. The molecule has 1 aliphatic heterocycles. The van der Waals surface area contributed by atoms with Gasteiger partial charge in [0, 0.05) is 32.2 Å². The molecular weight excluding hydrogens is 288 g/mol. The van der Waals surface area contributed by atoms with Gasteiger partial charge < -0.3 is 10.1 Å². The number of nitrogens with one attached hydrogen (secondary N) is 1. The highest BCUT2D eigenvalue weighted by molar-refractivity contribution is 5.29. The summed E-state index contributed by atoms with van der Waals surface area (Å²) in [5.41, 5.74) is 0.935. The Morgan fingerprint density at radius 2 is 1.71 bits per heavy atom. The van der Waals surface area contributed by atoms with E-state index in [0.717, 1.165) is 31.7 Å². The summed E-state index contributed by atoms with van der Waals surface area (Å²) >= 11 is 0. The second-order valence-corrected chi connectivity index (χ2v) is 5.00. The van der Waals surface area contributed by atoms with Crippen LogP contribution in [0.25, 0.3) is 0 Å². The van der Waals surface area contributed by atoms with Crippen LogP contribution in [0.5, 0.6) is 5.75 Å². The summed E-state index contributed by atoms with van der Waals surface area (Å²) in [6, 6.07) is 5.98. The fourth-order valence-electron chi connectivity index (χ4n) is 2.30. The van der Waals surface area contributed by atoms with Crippen molar-refractivity contribution in [1.29, 1.82) is 0 Å². The quantitative estimate of drug-likeness (QED) is 0.847. The Kier molecular flexibility index (Phi) is 5.05. The van der Waals surface area contributed by atoms with Crippen molar-refractivity contribution >= 4 is 0 Å². The Labute approximate surface area is 120 Å². The second-order valence-electron chi connectivity index (χ2n) is 5.00. The number of piperazine rings is 1. The van der Waals surface area contributed by atoms with Crippen molar-refractivity contribution in [3.8, 4) is 5.75 Å². The molecule has 1 aliphatic rings. The third-order valence-corrected chi connectivity index (χ3v) is 3.57. The lowest BCUT2D eigenvalue weighted by Gasteiger charge is -2.33. The molecule has 0 spiro atoms. The first-order valence-corrected chi connectivity index (χ1v) is 6.80. The Morgan fingerprint density at radius 1 is 1.14 bits per heavy atom. The van der Waals surface area contributed by atoms with Crippen molar-refractivity contribution in [2.24, 2.45) is 0 Å². The van der Waals surface area contributed by atoms with Crippen LogP contribution in [0.1, 0.15) is 18.5 Å². The van der Waals surface area contributed by atoms with Gasteiger partial charge in [-0.05, 0) is 24.6 Å². The first-order valence-electron chi connectivity index (χ1n) is 6.80. The van der Waals surface area contributed by atoms with E-state index in [0.29, 0.717) is 0 Å². The minimum Gasteiger partial charge on any atom is -0.428 e. The monoisotopic (exact) mass is 306 g/mol. The summed E-state index contributed by atoms with van der Waals surface area (Å²) in [5.74, 6) is -0.267. The van der Waals surface area contributed by atoms with Crippen molar-refractivity contribution in [2.75, 3.05) is 26.2 Å². The molecule has 0 radical (unpaired) electrons. The molecule has 1 aromatic rings. The average molecular weight is 306 g/mol. The van der Waals surface area contributed by atoms with Crippen LogP contribution in [-0.4, -0.2) is 43.6 Å². The molecule has 1 fully saturated rings. The molecule has 3 nitrogen and oxygen atoms in total. The molecule has 0 bridgehead atoms. The molecule has 118 valence electrons. The number of rotatable bonds is 5. The molecule has 1 saturated heterocycles. The number of ether oxygens (including phenoxy) is 1. The molecule has 0 aliphatic carbocycles. The summed E-state index contributed by atoms with van der Waals surface area (Å²) in [7, 11) is 0. The maximum atomic E-state index is 12.8. The Morgan fingerprint density at radius 3 is 2.24 bits per heavy atom. The second kappa shape index (κ2) is 6.62. The lowest BCUT2D eigenvalue weighted by Crippen LogP contribution is -2.44. The molecular formula is C14H18F4N2O.